The standard InChI is InChI=1S/C15H20N2O2S/c1-18-13-5-2-4-12-14(13)16-15(20)17(12)8-3-9-19-10-11-6-7-11/h2,4-5,11H,3,6-10H2,1H3,(H,16,20). The lowest BCUT2D eigenvalue weighted by molar-refractivity contribution is 0.119. The molecule has 1 aliphatic rings. The van der Waals surface area contributed by atoms with E-state index in [1.165, 1.54) is 12.8 Å². The number of nitrogens with one attached hydrogen (secondary N) is 1. The third kappa shape index (κ3) is 2.88. The van der Waals surface area contributed by atoms with Crippen molar-refractivity contribution in [2.24, 2.45) is 5.92 Å². The monoisotopic (exact) mass is 292 g/mol. The third-order valence-electron chi connectivity index (χ3n) is 3.71. The molecule has 0 bridgehead atoms. The first kappa shape index (κ1) is 13.6. The van der Waals surface area contributed by atoms with Gasteiger partial charge >= 0.3 is 0 Å². The van der Waals surface area contributed by atoms with Crippen LogP contribution in [0.3, 0.4) is 0 Å². The van der Waals surface area contributed by atoms with Gasteiger partial charge in [-0.05, 0) is 49.5 Å². The van der Waals surface area contributed by atoms with Crippen LogP contribution in [-0.2, 0) is 11.3 Å². The second-order valence-electron chi connectivity index (χ2n) is 5.31. The molecule has 1 heterocycles. The molecule has 0 amide bonds. The molecular weight excluding hydrogens is 272 g/mol. The predicted molar refractivity (Wildman–Crippen MR) is 81.8 cm³/mol. The Morgan fingerprint density at radius 3 is 3.00 bits per heavy atom. The Balaban J connectivity index is 1.67. The zero-order valence-corrected chi connectivity index (χ0v) is 12.5. The van der Waals surface area contributed by atoms with Crippen molar-refractivity contribution in [2.75, 3.05) is 20.3 Å². The molecule has 2 aromatic rings. The van der Waals surface area contributed by atoms with E-state index < -0.39 is 0 Å². The van der Waals surface area contributed by atoms with Crippen molar-refractivity contribution >= 4 is 23.3 Å². The minimum Gasteiger partial charge on any atom is -0.494 e. The molecule has 1 aromatic carbocycles. The van der Waals surface area contributed by atoms with Gasteiger partial charge in [-0.2, -0.15) is 0 Å². The molecule has 0 radical (unpaired) electrons. The normalized spacial score (nSPS) is 14.8. The summed E-state index contributed by atoms with van der Waals surface area (Å²) < 4.78 is 13.9. The number of para-hydroxylation sites is 1. The lowest BCUT2D eigenvalue weighted by Gasteiger charge is -2.06. The van der Waals surface area contributed by atoms with Gasteiger partial charge in [0.15, 0.2) is 4.77 Å². The summed E-state index contributed by atoms with van der Waals surface area (Å²) in [5.74, 6) is 1.66. The van der Waals surface area contributed by atoms with Gasteiger partial charge in [0, 0.05) is 19.8 Å². The van der Waals surface area contributed by atoms with Crippen LogP contribution in [0.25, 0.3) is 11.0 Å². The molecule has 1 saturated carbocycles. The molecule has 5 heteroatoms. The summed E-state index contributed by atoms with van der Waals surface area (Å²) in [4.78, 5) is 3.23. The molecule has 0 unspecified atom stereocenters. The van der Waals surface area contributed by atoms with Crippen LogP contribution in [0.2, 0.25) is 0 Å². The summed E-state index contributed by atoms with van der Waals surface area (Å²) >= 11 is 5.40. The summed E-state index contributed by atoms with van der Waals surface area (Å²) in [6.45, 7) is 2.60. The second kappa shape index (κ2) is 5.97. The highest BCUT2D eigenvalue weighted by Crippen LogP contribution is 2.29. The third-order valence-corrected chi connectivity index (χ3v) is 4.04. The summed E-state index contributed by atoms with van der Waals surface area (Å²) in [5.41, 5.74) is 2.07. The summed E-state index contributed by atoms with van der Waals surface area (Å²) in [5, 5.41) is 0. The number of aromatic amines is 1. The molecule has 20 heavy (non-hydrogen) atoms. The topological polar surface area (TPSA) is 39.2 Å². The molecule has 0 spiro atoms. The van der Waals surface area contributed by atoms with Gasteiger partial charge in [0.25, 0.3) is 0 Å². The molecule has 1 aromatic heterocycles. The molecule has 0 aliphatic heterocycles. The quantitative estimate of drug-likeness (QED) is 0.627. The number of aromatic nitrogens is 2. The molecule has 108 valence electrons. The van der Waals surface area contributed by atoms with Gasteiger partial charge in [-0.15, -0.1) is 0 Å². The van der Waals surface area contributed by atoms with Crippen LogP contribution in [-0.4, -0.2) is 29.9 Å². The van der Waals surface area contributed by atoms with Crippen LogP contribution in [0.4, 0.5) is 0 Å². The van der Waals surface area contributed by atoms with Crippen molar-refractivity contribution in [2.45, 2.75) is 25.8 Å². The van der Waals surface area contributed by atoms with Gasteiger partial charge in [-0.25, -0.2) is 0 Å². The van der Waals surface area contributed by atoms with Gasteiger partial charge in [-0.3, -0.25) is 0 Å². The molecule has 4 nitrogen and oxygen atoms in total. The fourth-order valence-corrected chi connectivity index (χ4v) is 2.70. The average molecular weight is 292 g/mol. The Kier molecular flexibility index (Phi) is 4.08. The van der Waals surface area contributed by atoms with E-state index in [0.717, 1.165) is 53.7 Å². The largest absolute Gasteiger partial charge is 0.494 e. The Hall–Kier alpha value is -1.33. The highest BCUT2D eigenvalue weighted by Gasteiger charge is 2.20. The van der Waals surface area contributed by atoms with E-state index >= 15 is 0 Å². The van der Waals surface area contributed by atoms with Crippen LogP contribution < -0.4 is 4.74 Å². The molecule has 0 saturated heterocycles. The first-order chi connectivity index (χ1) is 9.79. The zero-order valence-electron chi connectivity index (χ0n) is 11.7. The van der Waals surface area contributed by atoms with E-state index in [4.69, 9.17) is 21.7 Å². The average Bonchev–Trinajstić information content (AvgIpc) is 3.22. The molecule has 1 N–H and O–H groups in total. The molecule has 3 rings (SSSR count). The highest BCUT2D eigenvalue weighted by atomic mass is 32.1. The van der Waals surface area contributed by atoms with E-state index in [0.29, 0.717) is 0 Å². The van der Waals surface area contributed by atoms with Crippen LogP contribution in [0.1, 0.15) is 19.3 Å². The number of aryl methyl sites for hydroxylation is 1. The van der Waals surface area contributed by atoms with Gasteiger partial charge in [0.2, 0.25) is 0 Å². The van der Waals surface area contributed by atoms with Gasteiger partial charge in [0.1, 0.15) is 11.3 Å². The Morgan fingerprint density at radius 2 is 2.25 bits per heavy atom. The van der Waals surface area contributed by atoms with E-state index in [9.17, 15) is 0 Å². The van der Waals surface area contributed by atoms with Crippen LogP contribution in [0.5, 0.6) is 5.75 Å². The van der Waals surface area contributed by atoms with Crippen LogP contribution in [0.15, 0.2) is 18.2 Å². The van der Waals surface area contributed by atoms with Gasteiger partial charge < -0.3 is 19.0 Å². The zero-order chi connectivity index (χ0) is 13.9. The van der Waals surface area contributed by atoms with Crippen molar-refractivity contribution < 1.29 is 9.47 Å². The van der Waals surface area contributed by atoms with E-state index in [-0.39, 0.29) is 0 Å². The molecular formula is C15H20N2O2S. The lowest BCUT2D eigenvalue weighted by Crippen LogP contribution is -2.04. The number of ether oxygens (including phenoxy) is 2. The minimum atomic E-state index is 0.742. The van der Waals surface area contributed by atoms with Crippen LogP contribution >= 0.6 is 12.2 Å². The Morgan fingerprint density at radius 1 is 1.40 bits per heavy atom. The van der Waals surface area contributed by atoms with E-state index in [1.54, 1.807) is 7.11 Å². The van der Waals surface area contributed by atoms with Crippen molar-refractivity contribution in [1.82, 2.24) is 9.55 Å². The number of hydrogen-bond acceptors (Lipinski definition) is 3. The second-order valence-corrected chi connectivity index (χ2v) is 5.69. The number of nitrogens with zero attached hydrogens (tertiary/aromatic N) is 1. The number of methoxy groups -OCH3 is 1. The maximum Gasteiger partial charge on any atom is 0.178 e. The van der Waals surface area contributed by atoms with Crippen molar-refractivity contribution in [3.63, 3.8) is 0 Å². The number of rotatable bonds is 7. The number of H-pyrrole nitrogens is 1. The first-order valence-corrected chi connectivity index (χ1v) is 7.53. The fraction of sp³-hybridized carbons (Fsp3) is 0.533. The Labute approximate surface area is 123 Å². The molecule has 0 atom stereocenters. The maximum atomic E-state index is 5.67. The Bertz CT molecular complexity index is 643. The van der Waals surface area contributed by atoms with Crippen molar-refractivity contribution in [3.8, 4) is 5.75 Å². The fourth-order valence-electron chi connectivity index (χ4n) is 2.41. The molecule has 1 aliphatic carbocycles. The first-order valence-electron chi connectivity index (χ1n) is 7.13. The SMILES string of the molecule is COc1cccc2c1[nH]c(=S)n2CCCOCC1CC1. The smallest absolute Gasteiger partial charge is 0.178 e. The summed E-state index contributed by atoms with van der Waals surface area (Å²) in [6.07, 6.45) is 3.66. The van der Waals surface area contributed by atoms with E-state index in [1.807, 2.05) is 12.1 Å². The summed E-state index contributed by atoms with van der Waals surface area (Å²) in [7, 11) is 1.68. The van der Waals surface area contributed by atoms with Crippen molar-refractivity contribution in [1.29, 1.82) is 0 Å². The van der Waals surface area contributed by atoms with Crippen molar-refractivity contribution in [3.05, 3.63) is 23.0 Å². The number of benzene rings is 1. The number of fused-ring (bicyclic) bond motifs is 1. The number of hydrogen-bond donors (Lipinski definition) is 1. The maximum absolute atomic E-state index is 5.67. The van der Waals surface area contributed by atoms with Gasteiger partial charge in [0.05, 0.1) is 12.6 Å². The highest BCUT2D eigenvalue weighted by molar-refractivity contribution is 7.71. The lowest BCUT2D eigenvalue weighted by atomic mass is 10.3. The van der Waals surface area contributed by atoms with E-state index in [2.05, 4.69) is 15.6 Å². The van der Waals surface area contributed by atoms with Crippen LogP contribution in [0, 0.1) is 10.7 Å². The molecule has 1 fully saturated rings. The summed E-state index contributed by atoms with van der Waals surface area (Å²) in [6, 6.07) is 6.00. The predicted octanol–water partition coefficient (Wildman–Crippen LogP) is 3.52. The van der Waals surface area contributed by atoms with Gasteiger partial charge in [-0.1, -0.05) is 6.07 Å². The minimum absolute atomic E-state index is 0.742. The number of imidazole rings is 1.